The number of unbranched alkanes of at least 4 members (excludes halogenated alkanes) is 20. The SMILES string of the molecule is CCCCC/C=C\C/C=C\C/C=C\C/C=C\C/C=C\CCC(=O)OC[C@H](COC(=O)CCCCCCCCC/C=C\CCCCCC)OC(=O)CCCCC/C=C\C/C=C\C/C=C\C/C=C\CCCCC. The predicted molar refractivity (Wildman–Crippen MR) is 306 cm³/mol. The lowest BCUT2D eigenvalue weighted by Crippen LogP contribution is -2.30. The molecule has 71 heavy (non-hydrogen) atoms. The minimum atomic E-state index is -0.831. The summed E-state index contributed by atoms with van der Waals surface area (Å²) in [6.45, 7) is 6.47. The fourth-order valence-corrected chi connectivity index (χ4v) is 7.52. The van der Waals surface area contributed by atoms with E-state index in [9.17, 15) is 14.4 Å². The maximum absolute atomic E-state index is 12.9. The number of hydrogen-bond donors (Lipinski definition) is 0. The smallest absolute Gasteiger partial charge is 0.306 e. The zero-order valence-corrected chi connectivity index (χ0v) is 45.9. The van der Waals surface area contributed by atoms with Crippen LogP contribution in [-0.2, 0) is 28.6 Å². The molecular formula is C65H106O6. The molecule has 0 spiro atoms. The molecular weight excluding hydrogens is 877 g/mol. The summed E-state index contributed by atoms with van der Waals surface area (Å²) in [6.07, 6.45) is 80.5. The van der Waals surface area contributed by atoms with E-state index in [2.05, 4.69) is 136 Å². The van der Waals surface area contributed by atoms with E-state index in [1.807, 2.05) is 6.08 Å². The van der Waals surface area contributed by atoms with Crippen molar-refractivity contribution >= 4 is 17.9 Å². The van der Waals surface area contributed by atoms with Crippen LogP contribution < -0.4 is 0 Å². The van der Waals surface area contributed by atoms with Gasteiger partial charge in [-0.25, -0.2) is 0 Å². The number of ether oxygens (including phenoxy) is 3. The molecule has 0 radical (unpaired) electrons. The molecule has 0 aromatic rings. The van der Waals surface area contributed by atoms with Gasteiger partial charge < -0.3 is 14.2 Å². The van der Waals surface area contributed by atoms with Gasteiger partial charge >= 0.3 is 17.9 Å². The highest BCUT2D eigenvalue weighted by Gasteiger charge is 2.19. The maximum Gasteiger partial charge on any atom is 0.306 e. The van der Waals surface area contributed by atoms with Crippen molar-refractivity contribution in [3.05, 3.63) is 122 Å². The van der Waals surface area contributed by atoms with Crippen LogP contribution >= 0.6 is 0 Å². The normalized spacial score (nSPS) is 13.0. The Labute approximate surface area is 437 Å². The topological polar surface area (TPSA) is 78.9 Å². The van der Waals surface area contributed by atoms with Crippen molar-refractivity contribution in [1.29, 1.82) is 0 Å². The Balaban J connectivity index is 4.58. The highest BCUT2D eigenvalue weighted by Crippen LogP contribution is 2.13. The first-order valence-electron chi connectivity index (χ1n) is 29.0. The first-order chi connectivity index (χ1) is 35.0. The Bertz CT molecular complexity index is 1500. The van der Waals surface area contributed by atoms with E-state index in [1.54, 1.807) is 0 Å². The van der Waals surface area contributed by atoms with Crippen molar-refractivity contribution in [3.63, 3.8) is 0 Å². The lowest BCUT2D eigenvalue weighted by atomic mass is 10.1. The summed E-state index contributed by atoms with van der Waals surface area (Å²) in [6, 6.07) is 0. The van der Waals surface area contributed by atoms with Crippen LogP contribution in [0.5, 0.6) is 0 Å². The minimum absolute atomic E-state index is 0.119. The number of carbonyl (C=O) groups is 3. The maximum atomic E-state index is 12.9. The summed E-state index contributed by atoms with van der Waals surface area (Å²) in [5, 5.41) is 0. The van der Waals surface area contributed by atoms with Crippen LogP contribution in [0.15, 0.2) is 122 Å². The van der Waals surface area contributed by atoms with Crippen LogP contribution in [-0.4, -0.2) is 37.2 Å². The van der Waals surface area contributed by atoms with Gasteiger partial charge in [0.1, 0.15) is 13.2 Å². The van der Waals surface area contributed by atoms with E-state index in [0.717, 1.165) is 83.5 Å². The third-order valence-corrected chi connectivity index (χ3v) is 11.9. The Morgan fingerprint density at radius 1 is 0.282 bits per heavy atom. The summed E-state index contributed by atoms with van der Waals surface area (Å²) < 4.78 is 16.8. The summed E-state index contributed by atoms with van der Waals surface area (Å²) in [5.41, 5.74) is 0. The largest absolute Gasteiger partial charge is 0.462 e. The van der Waals surface area contributed by atoms with E-state index in [0.29, 0.717) is 19.3 Å². The molecule has 402 valence electrons. The Hall–Kier alpha value is -4.19. The second kappa shape index (κ2) is 58.4. The van der Waals surface area contributed by atoms with E-state index in [-0.39, 0.29) is 44.0 Å². The van der Waals surface area contributed by atoms with E-state index < -0.39 is 6.10 Å². The minimum Gasteiger partial charge on any atom is -0.462 e. The molecule has 0 saturated heterocycles. The molecule has 0 fully saturated rings. The van der Waals surface area contributed by atoms with Crippen molar-refractivity contribution in [2.75, 3.05) is 13.2 Å². The quantitative estimate of drug-likeness (QED) is 0.0261. The molecule has 6 nitrogen and oxygen atoms in total. The van der Waals surface area contributed by atoms with Crippen LogP contribution in [0.3, 0.4) is 0 Å². The first kappa shape index (κ1) is 66.8. The Morgan fingerprint density at radius 2 is 0.535 bits per heavy atom. The molecule has 0 aromatic heterocycles. The fourth-order valence-electron chi connectivity index (χ4n) is 7.52. The summed E-state index contributed by atoms with van der Waals surface area (Å²) in [4.78, 5) is 38.1. The zero-order valence-electron chi connectivity index (χ0n) is 45.9. The van der Waals surface area contributed by atoms with Crippen LogP contribution in [0.4, 0.5) is 0 Å². The fraction of sp³-hybridized carbons (Fsp3) is 0.646. The molecule has 0 aliphatic heterocycles. The highest BCUT2D eigenvalue weighted by molar-refractivity contribution is 5.71. The third-order valence-electron chi connectivity index (χ3n) is 11.9. The summed E-state index contributed by atoms with van der Waals surface area (Å²) in [5.74, 6) is -1.04. The molecule has 0 saturated carbocycles. The van der Waals surface area contributed by atoms with Crippen molar-refractivity contribution in [2.24, 2.45) is 0 Å². The average molecular weight is 984 g/mol. The van der Waals surface area contributed by atoms with Gasteiger partial charge in [-0.05, 0) is 128 Å². The number of allylic oxidation sites excluding steroid dienone is 20. The van der Waals surface area contributed by atoms with Crippen molar-refractivity contribution in [1.82, 2.24) is 0 Å². The molecule has 0 aliphatic rings. The van der Waals surface area contributed by atoms with Crippen molar-refractivity contribution in [2.45, 2.75) is 258 Å². The van der Waals surface area contributed by atoms with Crippen LogP contribution in [0.25, 0.3) is 0 Å². The molecule has 0 rings (SSSR count). The van der Waals surface area contributed by atoms with Gasteiger partial charge in [0, 0.05) is 19.3 Å². The zero-order chi connectivity index (χ0) is 51.4. The summed E-state index contributed by atoms with van der Waals surface area (Å²) in [7, 11) is 0. The number of hydrogen-bond acceptors (Lipinski definition) is 6. The average Bonchev–Trinajstić information content (AvgIpc) is 3.37. The van der Waals surface area contributed by atoms with Gasteiger partial charge in [0.05, 0.1) is 0 Å². The van der Waals surface area contributed by atoms with Gasteiger partial charge in [-0.2, -0.15) is 0 Å². The molecule has 1 atom stereocenters. The Kier molecular flexibility index (Phi) is 54.9. The van der Waals surface area contributed by atoms with Gasteiger partial charge in [0.15, 0.2) is 6.10 Å². The number of rotatable bonds is 51. The lowest BCUT2D eigenvalue weighted by molar-refractivity contribution is -0.166. The van der Waals surface area contributed by atoms with E-state index in [1.165, 1.54) is 116 Å². The van der Waals surface area contributed by atoms with Crippen molar-refractivity contribution in [3.8, 4) is 0 Å². The van der Waals surface area contributed by atoms with Gasteiger partial charge in [0.2, 0.25) is 0 Å². The highest BCUT2D eigenvalue weighted by atomic mass is 16.6. The molecule has 0 bridgehead atoms. The molecule has 0 heterocycles. The van der Waals surface area contributed by atoms with E-state index >= 15 is 0 Å². The monoisotopic (exact) mass is 983 g/mol. The number of carbonyl (C=O) groups excluding carboxylic acids is 3. The lowest BCUT2D eigenvalue weighted by Gasteiger charge is -2.18. The van der Waals surface area contributed by atoms with Crippen LogP contribution in [0, 0.1) is 0 Å². The molecule has 0 aliphatic carbocycles. The van der Waals surface area contributed by atoms with E-state index in [4.69, 9.17) is 14.2 Å². The summed E-state index contributed by atoms with van der Waals surface area (Å²) >= 11 is 0. The van der Waals surface area contributed by atoms with Gasteiger partial charge in [-0.15, -0.1) is 0 Å². The second-order valence-electron chi connectivity index (χ2n) is 18.8. The van der Waals surface area contributed by atoms with Gasteiger partial charge in [-0.1, -0.05) is 226 Å². The first-order valence-corrected chi connectivity index (χ1v) is 29.0. The second-order valence-corrected chi connectivity index (χ2v) is 18.8. The van der Waals surface area contributed by atoms with Crippen molar-refractivity contribution < 1.29 is 28.6 Å². The molecule has 0 N–H and O–H groups in total. The predicted octanol–water partition coefficient (Wildman–Crippen LogP) is 19.6. The Morgan fingerprint density at radius 3 is 0.930 bits per heavy atom. The van der Waals surface area contributed by atoms with Gasteiger partial charge in [0.25, 0.3) is 0 Å². The van der Waals surface area contributed by atoms with Crippen LogP contribution in [0.2, 0.25) is 0 Å². The number of esters is 3. The molecule has 0 amide bonds. The molecule has 0 unspecified atom stereocenters. The standard InChI is InChI=1S/C65H106O6/c1-4-7-10-13-16-19-22-25-28-30-32-34-37-40-43-46-49-52-55-58-64(67)70-61-62(60-69-63(66)57-54-51-48-45-42-39-36-27-24-21-18-15-12-9-6-3)71-65(68)59-56-53-50-47-44-41-38-35-33-31-29-26-23-20-17-14-11-8-5-2/h16-17,19-21,24-26,28-29,32-35,40-41,43-44,49,52,62H,4-15,18,22-23,27,30-31,36-39,42,45-48,50-51,53-61H2,1-3H3/b19-16-,20-17-,24-21-,28-25-,29-26-,34-32-,35-33-,43-40-,44-41-,52-49-/t62-/m0/s1. The third kappa shape index (κ3) is 56.6. The van der Waals surface area contributed by atoms with Crippen LogP contribution in [0.1, 0.15) is 252 Å². The molecule has 6 heteroatoms. The van der Waals surface area contributed by atoms with Gasteiger partial charge in [-0.3, -0.25) is 14.4 Å². The molecule has 0 aromatic carbocycles.